The van der Waals surface area contributed by atoms with Crippen LogP contribution in [0, 0.1) is 13.8 Å². The highest BCUT2D eigenvalue weighted by Crippen LogP contribution is 2.32. The Hall–Kier alpha value is -6.01. The highest BCUT2D eigenvalue weighted by atomic mass is 19.4. The Morgan fingerprint density at radius 3 is 2.32 bits per heavy atom. The summed E-state index contributed by atoms with van der Waals surface area (Å²) in [5.74, 6) is -1.07. The summed E-state index contributed by atoms with van der Waals surface area (Å²) in [7, 11) is 0. The third kappa shape index (κ3) is 8.16. The zero-order valence-electron chi connectivity index (χ0n) is 31.9. The first kappa shape index (κ1) is 39.7. The average Bonchev–Trinajstić information content (AvgIpc) is 3.59. The van der Waals surface area contributed by atoms with Gasteiger partial charge in [-0.2, -0.15) is 22.7 Å². The van der Waals surface area contributed by atoms with Gasteiger partial charge in [0.2, 0.25) is 11.7 Å². The zero-order valence-corrected chi connectivity index (χ0v) is 31.9. The van der Waals surface area contributed by atoms with Crippen molar-refractivity contribution in [2.45, 2.75) is 72.7 Å². The van der Waals surface area contributed by atoms with Crippen molar-refractivity contribution < 1.29 is 37.4 Å². The number of benzene rings is 1. The van der Waals surface area contributed by atoms with Crippen LogP contribution in [0.1, 0.15) is 72.9 Å². The fraction of sp³-hybridized carbons (Fsp3) is 0.459. The number of amides is 3. The van der Waals surface area contributed by atoms with Gasteiger partial charge in [-0.05, 0) is 76.8 Å². The van der Waals surface area contributed by atoms with Crippen molar-refractivity contribution in [2.75, 3.05) is 49.5 Å². The second-order valence-electron chi connectivity index (χ2n) is 14.6. The lowest BCUT2D eigenvalue weighted by atomic mass is 10.1. The number of nitrogens with zero attached hydrogens (tertiary/aromatic N) is 9. The third-order valence-corrected chi connectivity index (χ3v) is 9.53. The van der Waals surface area contributed by atoms with Gasteiger partial charge in [0.05, 0.1) is 17.0 Å². The largest absolute Gasteiger partial charge is 0.504 e. The molecule has 19 heteroatoms. The van der Waals surface area contributed by atoms with Crippen LogP contribution in [0.3, 0.4) is 0 Å². The summed E-state index contributed by atoms with van der Waals surface area (Å²) in [5, 5.41) is 17.7. The molecule has 0 atom stereocenters. The summed E-state index contributed by atoms with van der Waals surface area (Å²) in [6.45, 7) is 11.1. The van der Waals surface area contributed by atoms with E-state index in [-0.39, 0.29) is 91.4 Å². The van der Waals surface area contributed by atoms with Crippen molar-refractivity contribution in [3.8, 4) is 5.75 Å². The molecular formula is C37H43F3N10O6. The quantitative estimate of drug-likeness (QED) is 0.274. The summed E-state index contributed by atoms with van der Waals surface area (Å²) >= 11 is 0. The molecular weight excluding hydrogens is 737 g/mol. The molecule has 0 unspecified atom stereocenters. The van der Waals surface area contributed by atoms with E-state index in [4.69, 9.17) is 9.72 Å². The van der Waals surface area contributed by atoms with E-state index in [1.54, 1.807) is 43.2 Å². The van der Waals surface area contributed by atoms with Gasteiger partial charge in [-0.1, -0.05) is 13.0 Å². The Bertz CT molecular complexity index is 2290. The molecule has 5 heterocycles. The highest BCUT2D eigenvalue weighted by Gasteiger charge is 2.33. The molecule has 1 fully saturated rings. The highest BCUT2D eigenvalue weighted by molar-refractivity contribution is 5.95. The fourth-order valence-corrected chi connectivity index (χ4v) is 6.65. The number of carbonyl (C=O) groups excluding carboxylic acids is 3. The standard InChI is InChI=1S/C37H43F3N10O6/c1-7-26-29(46-14-16-47(17-15-46)32(53)28-30(52)22(3)41-20-42-28)33(54)50-34(44-31(45-50)23-10-12-48(13-11-23)35(55)56-36(4,5)6)49(26)19-27(51)43-25-9-8-24(18-21(25)2)37(38,39)40/h8-10,18,20,52H,7,11-17,19H2,1-6H3,(H,43,51). The van der Waals surface area contributed by atoms with Crippen LogP contribution in [0.2, 0.25) is 0 Å². The number of carbonyl (C=O) groups is 3. The van der Waals surface area contributed by atoms with Crippen LogP contribution in [-0.2, 0) is 28.7 Å². The first-order valence-electron chi connectivity index (χ1n) is 18.1. The van der Waals surface area contributed by atoms with E-state index in [2.05, 4.69) is 20.4 Å². The number of alkyl halides is 3. The molecule has 0 bridgehead atoms. The van der Waals surface area contributed by atoms with Crippen LogP contribution in [0.25, 0.3) is 11.4 Å². The molecule has 0 spiro atoms. The van der Waals surface area contributed by atoms with Gasteiger partial charge in [-0.15, -0.1) is 5.10 Å². The lowest BCUT2D eigenvalue weighted by Crippen LogP contribution is -2.51. The molecule has 1 aromatic carbocycles. The maximum atomic E-state index is 14.4. The van der Waals surface area contributed by atoms with Gasteiger partial charge >= 0.3 is 12.3 Å². The number of piperazine rings is 1. The molecule has 3 amide bonds. The van der Waals surface area contributed by atoms with Crippen molar-refractivity contribution in [1.29, 1.82) is 0 Å². The molecule has 16 nitrogen and oxygen atoms in total. The number of aryl methyl sites for hydroxylation is 2. The second-order valence-corrected chi connectivity index (χ2v) is 14.6. The molecule has 56 heavy (non-hydrogen) atoms. The third-order valence-electron chi connectivity index (χ3n) is 9.53. The summed E-state index contributed by atoms with van der Waals surface area (Å²) in [6.07, 6.45) is -1.39. The van der Waals surface area contributed by atoms with E-state index in [1.807, 2.05) is 11.8 Å². The van der Waals surface area contributed by atoms with E-state index in [0.717, 1.165) is 16.6 Å². The molecule has 2 aliphatic heterocycles. The Morgan fingerprint density at radius 1 is 1.00 bits per heavy atom. The van der Waals surface area contributed by atoms with E-state index < -0.39 is 40.8 Å². The van der Waals surface area contributed by atoms with E-state index >= 15 is 0 Å². The summed E-state index contributed by atoms with van der Waals surface area (Å²) in [5.41, 5.74) is -0.0981. The van der Waals surface area contributed by atoms with Crippen molar-refractivity contribution in [2.24, 2.45) is 0 Å². The molecule has 2 aliphatic rings. The number of aromatic hydroxyl groups is 1. The number of anilines is 2. The number of fused-ring (bicyclic) bond motifs is 1. The number of halogens is 3. The molecule has 0 saturated carbocycles. The van der Waals surface area contributed by atoms with Crippen LogP contribution in [0.4, 0.5) is 29.3 Å². The van der Waals surface area contributed by atoms with E-state index in [9.17, 15) is 37.5 Å². The predicted octanol–water partition coefficient (Wildman–Crippen LogP) is 4.21. The topological polar surface area (TPSA) is 180 Å². The Morgan fingerprint density at radius 2 is 1.71 bits per heavy atom. The van der Waals surface area contributed by atoms with E-state index in [0.29, 0.717) is 24.2 Å². The molecule has 1 saturated heterocycles. The van der Waals surface area contributed by atoms with Crippen molar-refractivity contribution in [1.82, 2.24) is 38.9 Å². The maximum absolute atomic E-state index is 14.4. The minimum atomic E-state index is -4.55. The number of hydrogen-bond donors (Lipinski definition) is 2. The van der Waals surface area contributed by atoms with Crippen molar-refractivity contribution >= 4 is 40.6 Å². The Balaban J connectivity index is 1.34. The Kier molecular flexibility index (Phi) is 10.8. The number of nitrogens with one attached hydrogen (secondary N) is 1. The van der Waals surface area contributed by atoms with Crippen LogP contribution in [-0.4, -0.2) is 107 Å². The van der Waals surface area contributed by atoms with Crippen LogP contribution in [0.15, 0.2) is 35.4 Å². The molecule has 6 rings (SSSR count). The number of hydrogen-bond acceptors (Lipinski definition) is 11. The zero-order chi connectivity index (χ0) is 40.7. The van der Waals surface area contributed by atoms with E-state index in [1.165, 1.54) is 24.2 Å². The summed E-state index contributed by atoms with van der Waals surface area (Å²) in [6, 6.07) is 3.03. The van der Waals surface area contributed by atoms with Gasteiger partial charge < -0.3 is 34.4 Å². The normalized spacial score (nSPS) is 15.2. The van der Waals surface area contributed by atoms with Crippen molar-refractivity contribution in [3.05, 3.63) is 75.0 Å². The number of rotatable bonds is 7. The second kappa shape index (κ2) is 15.3. The molecule has 3 aromatic heterocycles. The average molecular weight is 781 g/mol. The minimum absolute atomic E-state index is 0.0729. The molecule has 4 aromatic rings. The lowest BCUT2D eigenvalue weighted by molar-refractivity contribution is -0.137. The summed E-state index contributed by atoms with van der Waals surface area (Å²) < 4.78 is 48.2. The van der Waals surface area contributed by atoms with Crippen LogP contribution < -0.4 is 15.8 Å². The monoisotopic (exact) mass is 780 g/mol. The van der Waals surface area contributed by atoms with Gasteiger partial charge in [0, 0.05) is 45.0 Å². The molecule has 0 aliphatic carbocycles. The predicted molar refractivity (Wildman–Crippen MR) is 198 cm³/mol. The minimum Gasteiger partial charge on any atom is -0.504 e. The fourth-order valence-electron chi connectivity index (χ4n) is 6.65. The van der Waals surface area contributed by atoms with Crippen molar-refractivity contribution in [3.63, 3.8) is 0 Å². The first-order valence-corrected chi connectivity index (χ1v) is 18.1. The SMILES string of the molecule is CCc1c(N2CCN(C(=O)c3ncnc(C)c3O)CC2)c(=O)n2nc(C3=CCN(C(=O)OC(C)(C)C)CC3)nc2n1CC(=O)Nc1ccc(C(F)(F)F)cc1C. The molecule has 2 N–H and O–H groups in total. The molecule has 298 valence electrons. The molecule has 0 radical (unpaired) electrons. The number of ether oxygens (including phenoxy) is 1. The summed E-state index contributed by atoms with van der Waals surface area (Å²) in [4.78, 5) is 71.5. The Labute approximate surface area is 319 Å². The maximum Gasteiger partial charge on any atom is 0.416 e. The first-order chi connectivity index (χ1) is 26.4. The van der Waals surface area contributed by atoms with Crippen LogP contribution in [0.5, 0.6) is 5.75 Å². The van der Waals surface area contributed by atoms with Crippen LogP contribution >= 0.6 is 0 Å². The van der Waals surface area contributed by atoms with Gasteiger partial charge in [0.1, 0.15) is 24.2 Å². The van der Waals surface area contributed by atoms with Gasteiger partial charge in [0.25, 0.3) is 11.5 Å². The van der Waals surface area contributed by atoms with Gasteiger partial charge in [0.15, 0.2) is 17.3 Å². The smallest absolute Gasteiger partial charge is 0.416 e. The van der Waals surface area contributed by atoms with Gasteiger partial charge in [-0.25, -0.2) is 14.8 Å². The lowest BCUT2D eigenvalue weighted by Gasteiger charge is -2.36. The number of aromatic nitrogens is 6. The van der Waals surface area contributed by atoms with Gasteiger partial charge in [-0.3, -0.25) is 14.4 Å².